The van der Waals surface area contributed by atoms with Crippen molar-refractivity contribution in [2.45, 2.75) is 73.6 Å². The predicted molar refractivity (Wildman–Crippen MR) is 113 cm³/mol. The first kappa shape index (κ1) is 29.1. The first-order valence-corrected chi connectivity index (χ1v) is 9.85. The number of rotatable bonds is 5. The van der Waals surface area contributed by atoms with Gasteiger partial charge in [-0.2, -0.15) is 33.9 Å². The van der Waals surface area contributed by atoms with E-state index >= 15 is 0 Å². The molecule has 0 unspecified atom stereocenters. The molecule has 0 aliphatic heterocycles. The van der Waals surface area contributed by atoms with E-state index in [4.69, 9.17) is 0 Å². The second-order valence-electron chi connectivity index (χ2n) is 7.32. The zero-order valence-corrected chi connectivity index (χ0v) is 20.7. The third kappa shape index (κ3) is 7.07. The molecule has 0 amide bonds. The summed E-state index contributed by atoms with van der Waals surface area (Å²) in [5, 5.41) is 2.77. The zero-order valence-electron chi connectivity index (χ0n) is 18.3. The number of hydrogen-bond donors (Lipinski definition) is 0. The van der Waals surface area contributed by atoms with Gasteiger partial charge in [-0.05, 0) is 6.42 Å². The topological polar surface area (TPSA) is 0 Å². The molecule has 0 radical (unpaired) electrons. The van der Waals surface area contributed by atoms with E-state index in [-0.39, 0.29) is 35.6 Å². The van der Waals surface area contributed by atoms with Crippen molar-refractivity contribution >= 4 is 10.8 Å². The second-order valence-corrected chi connectivity index (χ2v) is 7.32. The van der Waals surface area contributed by atoms with Crippen LogP contribution in [0.4, 0.5) is 0 Å². The van der Waals surface area contributed by atoms with E-state index in [1.54, 1.807) is 5.56 Å². The Bertz CT molecular complexity index is 753. The van der Waals surface area contributed by atoms with Crippen LogP contribution in [0.15, 0.2) is 36.4 Å². The van der Waals surface area contributed by atoms with Crippen LogP contribution in [-0.4, -0.2) is 0 Å². The van der Waals surface area contributed by atoms with Crippen molar-refractivity contribution in [3.63, 3.8) is 0 Å². The Labute approximate surface area is 189 Å². The summed E-state index contributed by atoms with van der Waals surface area (Å²) in [6.07, 6.45) is 6.31. The van der Waals surface area contributed by atoms with Gasteiger partial charge in [-0.15, -0.1) is 40.6 Å². The van der Waals surface area contributed by atoms with Crippen LogP contribution in [0.3, 0.4) is 0 Å². The SMILES string of the molecule is CCCCc1cc2ccccc2[cH-]1.CCCc1c(C)c(C)c(C)[c-]1C.[F-].[F-].[Zr+4]. The molecule has 3 heteroatoms. The summed E-state index contributed by atoms with van der Waals surface area (Å²) in [5.74, 6) is 0. The smallest absolute Gasteiger partial charge is 1.00 e. The van der Waals surface area contributed by atoms with Gasteiger partial charge in [0.25, 0.3) is 0 Å². The van der Waals surface area contributed by atoms with Gasteiger partial charge in [0.2, 0.25) is 0 Å². The van der Waals surface area contributed by atoms with Crippen molar-refractivity contribution in [1.82, 2.24) is 0 Å². The van der Waals surface area contributed by atoms with Crippen molar-refractivity contribution in [3.05, 3.63) is 69.8 Å². The molecule has 0 saturated heterocycles. The molecule has 0 aliphatic carbocycles. The third-order valence-corrected chi connectivity index (χ3v) is 5.59. The molecule has 152 valence electrons. The molecule has 3 rings (SSSR count). The van der Waals surface area contributed by atoms with Gasteiger partial charge < -0.3 is 9.41 Å². The van der Waals surface area contributed by atoms with Crippen molar-refractivity contribution in [3.8, 4) is 0 Å². The quantitative estimate of drug-likeness (QED) is 0.503. The van der Waals surface area contributed by atoms with Gasteiger partial charge in [-0.1, -0.05) is 73.3 Å². The van der Waals surface area contributed by atoms with Crippen LogP contribution in [0.1, 0.15) is 66.5 Å². The van der Waals surface area contributed by atoms with Crippen molar-refractivity contribution in [2.24, 2.45) is 0 Å². The molecule has 3 aromatic carbocycles. The van der Waals surface area contributed by atoms with Gasteiger partial charge in [0.05, 0.1) is 0 Å². The summed E-state index contributed by atoms with van der Waals surface area (Å²) >= 11 is 0. The molecule has 3 aromatic rings. The molecule has 0 aromatic heterocycles. The van der Waals surface area contributed by atoms with E-state index in [0.29, 0.717) is 0 Å². The van der Waals surface area contributed by atoms with Gasteiger partial charge in [-0.25, -0.2) is 0 Å². The fourth-order valence-corrected chi connectivity index (χ4v) is 3.66. The Hall–Kier alpha value is -1.08. The maximum Gasteiger partial charge on any atom is 4.00 e. The largest absolute Gasteiger partial charge is 4.00 e. The molecular weight excluding hydrogens is 429 g/mol. The van der Waals surface area contributed by atoms with Crippen molar-refractivity contribution in [2.75, 3.05) is 0 Å². The Morgan fingerprint density at radius 3 is 2.04 bits per heavy atom. The maximum atomic E-state index is 2.31. The standard InChI is InChI=1S/C13H15.C12H19.2FH.Zr/c1-2-3-6-11-9-12-7-4-5-8-13(12)10-11;1-6-7-12-10(4)8(2)9(3)11(12)5;;;/h4-5,7-10H,2-3,6H2,1H3;6-7H2,1-5H3;2*1H;/q2*-1;;;+4/p-2. The molecule has 0 atom stereocenters. The normalized spacial score (nSPS) is 9.64. The van der Waals surface area contributed by atoms with E-state index in [9.17, 15) is 0 Å². The van der Waals surface area contributed by atoms with E-state index in [1.165, 1.54) is 70.7 Å². The van der Waals surface area contributed by atoms with Crippen LogP contribution in [-0.2, 0) is 39.0 Å². The predicted octanol–water partition coefficient (Wildman–Crippen LogP) is 1.50. The van der Waals surface area contributed by atoms with Crippen molar-refractivity contribution in [1.29, 1.82) is 0 Å². The third-order valence-electron chi connectivity index (χ3n) is 5.59. The number of unbranched alkanes of at least 4 members (excludes halogenated alkanes) is 1. The molecule has 0 aliphatic rings. The number of hydrogen-bond acceptors (Lipinski definition) is 0. The first-order valence-electron chi connectivity index (χ1n) is 9.85. The summed E-state index contributed by atoms with van der Waals surface area (Å²) in [6, 6.07) is 13.2. The van der Waals surface area contributed by atoms with Gasteiger partial charge in [0.1, 0.15) is 0 Å². The zero-order chi connectivity index (χ0) is 18.4. The molecule has 0 saturated carbocycles. The summed E-state index contributed by atoms with van der Waals surface area (Å²) in [5.41, 5.74) is 9.11. The average Bonchev–Trinajstić information content (AvgIpc) is 3.12. The van der Waals surface area contributed by atoms with Crippen molar-refractivity contribution < 1.29 is 35.6 Å². The minimum absolute atomic E-state index is 0. The molecule has 28 heavy (non-hydrogen) atoms. The fraction of sp³-hybridized carbons (Fsp3) is 0.440. The Balaban J connectivity index is 0. The van der Waals surface area contributed by atoms with Gasteiger partial charge in [-0.3, -0.25) is 0 Å². The molecule has 0 spiro atoms. The Kier molecular flexibility index (Phi) is 14.6. The summed E-state index contributed by atoms with van der Waals surface area (Å²) in [6.45, 7) is 13.5. The Morgan fingerprint density at radius 2 is 1.54 bits per heavy atom. The second kappa shape index (κ2) is 14.0. The van der Waals surface area contributed by atoms with Crippen LogP contribution in [0.25, 0.3) is 10.8 Å². The van der Waals surface area contributed by atoms with E-state index < -0.39 is 0 Å². The number of aryl methyl sites for hydroxylation is 1. The molecule has 0 N–H and O–H groups in total. The minimum atomic E-state index is 0. The Morgan fingerprint density at radius 1 is 0.893 bits per heavy atom. The summed E-state index contributed by atoms with van der Waals surface area (Å²) in [4.78, 5) is 0. The van der Waals surface area contributed by atoms with Gasteiger partial charge >= 0.3 is 26.2 Å². The number of halogens is 2. The van der Waals surface area contributed by atoms with Crippen LogP contribution < -0.4 is 9.41 Å². The fourth-order valence-electron chi connectivity index (χ4n) is 3.66. The van der Waals surface area contributed by atoms with E-state index in [2.05, 4.69) is 77.9 Å². The van der Waals surface area contributed by atoms with Crippen LogP contribution in [0, 0.1) is 27.7 Å². The van der Waals surface area contributed by atoms with Gasteiger partial charge in [0.15, 0.2) is 0 Å². The van der Waals surface area contributed by atoms with Crippen LogP contribution >= 0.6 is 0 Å². The average molecular weight is 464 g/mol. The molecule has 0 fully saturated rings. The monoisotopic (exact) mass is 462 g/mol. The van der Waals surface area contributed by atoms with Gasteiger partial charge in [0, 0.05) is 0 Å². The first-order chi connectivity index (χ1) is 12.0. The van der Waals surface area contributed by atoms with Crippen LogP contribution in [0.5, 0.6) is 0 Å². The number of benzene rings is 1. The molecular formula is C25H34F2Zr. The van der Waals surface area contributed by atoms with E-state index in [1.807, 2.05) is 0 Å². The summed E-state index contributed by atoms with van der Waals surface area (Å²) in [7, 11) is 0. The number of fused-ring (bicyclic) bond motifs is 1. The van der Waals surface area contributed by atoms with E-state index in [0.717, 1.165) is 0 Å². The van der Waals surface area contributed by atoms with Crippen LogP contribution in [0.2, 0.25) is 0 Å². The summed E-state index contributed by atoms with van der Waals surface area (Å²) < 4.78 is 0. The molecule has 0 bridgehead atoms. The molecule has 0 heterocycles. The minimum Gasteiger partial charge on any atom is -1.00 e. The maximum absolute atomic E-state index is 2.31. The molecule has 0 nitrogen and oxygen atoms in total.